The SMILES string of the molecule is O=C1CCC(COC(F)F)CC1. The van der Waals surface area contributed by atoms with E-state index in [9.17, 15) is 13.6 Å². The number of Topliss-reactive ketones (excluding diaryl/α,β-unsaturated/α-hetero) is 1. The predicted octanol–water partition coefficient (Wildman–Crippen LogP) is 1.98. The average molecular weight is 178 g/mol. The van der Waals surface area contributed by atoms with E-state index in [0.717, 1.165) is 0 Å². The van der Waals surface area contributed by atoms with Crippen molar-refractivity contribution in [1.29, 1.82) is 0 Å². The first-order valence-electron chi connectivity index (χ1n) is 4.10. The summed E-state index contributed by atoms with van der Waals surface area (Å²) in [6.45, 7) is -2.59. The Morgan fingerprint density at radius 3 is 2.50 bits per heavy atom. The molecule has 1 saturated carbocycles. The Morgan fingerprint density at radius 1 is 1.42 bits per heavy atom. The second kappa shape index (κ2) is 4.50. The molecule has 1 aliphatic carbocycles. The lowest BCUT2D eigenvalue weighted by molar-refractivity contribution is -0.142. The first-order chi connectivity index (χ1) is 5.68. The monoisotopic (exact) mass is 178 g/mol. The number of rotatable bonds is 3. The van der Waals surface area contributed by atoms with Gasteiger partial charge in [-0.3, -0.25) is 4.79 Å². The molecule has 0 aromatic rings. The standard InChI is InChI=1S/C8H12F2O2/c9-8(10)12-5-6-1-3-7(11)4-2-6/h6,8H,1-5H2. The summed E-state index contributed by atoms with van der Waals surface area (Å²) >= 11 is 0. The highest BCUT2D eigenvalue weighted by atomic mass is 19.3. The van der Waals surface area contributed by atoms with Gasteiger partial charge in [0, 0.05) is 12.8 Å². The molecule has 1 fully saturated rings. The summed E-state index contributed by atoms with van der Waals surface area (Å²) in [4.78, 5) is 10.8. The van der Waals surface area contributed by atoms with Crippen molar-refractivity contribution in [2.75, 3.05) is 6.61 Å². The molecular weight excluding hydrogens is 166 g/mol. The average Bonchev–Trinajstić information content (AvgIpc) is 2.03. The van der Waals surface area contributed by atoms with Crippen LogP contribution in [0.5, 0.6) is 0 Å². The molecule has 0 bridgehead atoms. The fraction of sp³-hybridized carbons (Fsp3) is 0.875. The molecule has 0 atom stereocenters. The fourth-order valence-corrected chi connectivity index (χ4v) is 1.38. The molecule has 0 aliphatic heterocycles. The molecular formula is C8H12F2O2. The number of carbonyl (C=O) groups excluding carboxylic acids is 1. The minimum Gasteiger partial charge on any atom is -0.323 e. The van der Waals surface area contributed by atoms with Crippen LogP contribution in [0.15, 0.2) is 0 Å². The molecule has 2 nitrogen and oxygen atoms in total. The van der Waals surface area contributed by atoms with Crippen LogP contribution in [0, 0.1) is 5.92 Å². The highest BCUT2D eigenvalue weighted by Gasteiger charge is 2.19. The van der Waals surface area contributed by atoms with E-state index in [0.29, 0.717) is 25.7 Å². The molecule has 0 aromatic heterocycles. The number of ketones is 1. The van der Waals surface area contributed by atoms with Crippen molar-refractivity contribution in [2.24, 2.45) is 5.92 Å². The summed E-state index contributed by atoms with van der Waals surface area (Å²) in [5.74, 6) is 0.389. The van der Waals surface area contributed by atoms with Crippen LogP contribution in [0.4, 0.5) is 8.78 Å². The van der Waals surface area contributed by atoms with Crippen molar-refractivity contribution in [3.8, 4) is 0 Å². The lowest BCUT2D eigenvalue weighted by Crippen LogP contribution is -2.19. The second-order valence-corrected chi connectivity index (χ2v) is 3.08. The lowest BCUT2D eigenvalue weighted by Gasteiger charge is -2.20. The van der Waals surface area contributed by atoms with Gasteiger partial charge in [0.2, 0.25) is 0 Å². The molecule has 0 amide bonds. The van der Waals surface area contributed by atoms with Gasteiger partial charge in [-0.2, -0.15) is 8.78 Å². The van der Waals surface area contributed by atoms with E-state index in [2.05, 4.69) is 4.74 Å². The van der Waals surface area contributed by atoms with Crippen LogP contribution < -0.4 is 0 Å². The highest BCUT2D eigenvalue weighted by molar-refractivity contribution is 5.78. The molecule has 1 rings (SSSR count). The highest BCUT2D eigenvalue weighted by Crippen LogP contribution is 2.22. The van der Waals surface area contributed by atoms with Gasteiger partial charge in [0.15, 0.2) is 0 Å². The first kappa shape index (κ1) is 9.58. The number of halogens is 2. The van der Waals surface area contributed by atoms with Crippen LogP contribution >= 0.6 is 0 Å². The van der Waals surface area contributed by atoms with Gasteiger partial charge in [0.1, 0.15) is 5.78 Å². The molecule has 1 aliphatic rings. The molecule has 12 heavy (non-hydrogen) atoms. The Balaban J connectivity index is 2.13. The van der Waals surface area contributed by atoms with Crippen molar-refractivity contribution in [2.45, 2.75) is 32.3 Å². The summed E-state index contributed by atoms with van der Waals surface area (Å²) in [6, 6.07) is 0. The van der Waals surface area contributed by atoms with Crippen LogP contribution in [0.1, 0.15) is 25.7 Å². The second-order valence-electron chi connectivity index (χ2n) is 3.08. The van der Waals surface area contributed by atoms with E-state index < -0.39 is 6.61 Å². The third-order valence-electron chi connectivity index (χ3n) is 2.12. The van der Waals surface area contributed by atoms with Gasteiger partial charge in [-0.05, 0) is 18.8 Å². The summed E-state index contributed by atoms with van der Waals surface area (Å²) in [7, 11) is 0. The molecule has 0 heterocycles. The van der Waals surface area contributed by atoms with Crippen LogP contribution in [-0.2, 0) is 9.53 Å². The Labute approximate surface area is 69.9 Å². The summed E-state index contributed by atoms with van der Waals surface area (Å²) in [5.41, 5.74) is 0. The molecule has 4 heteroatoms. The van der Waals surface area contributed by atoms with Crippen molar-refractivity contribution in [1.82, 2.24) is 0 Å². The third-order valence-corrected chi connectivity index (χ3v) is 2.12. The first-order valence-corrected chi connectivity index (χ1v) is 4.10. The van der Waals surface area contributed by atoms with Gasteiger partial charge < -0.3 is 4.74 Å². The number of alkyl halides is 2. The van der Waals surface area contributed by atoms with Gasteiger partial charge in [-0.25, -0.2) is 0 Å². The maximum absolute atomic E-state index is 11.6. The normalized spacial score (nSPS) is 20.4. The number of hydrogen-bond donors (Lipinski definition) is 0. The zero-order valence-corrected chi connectivity index (χ0v) is 6.76. The number of ether oxygens (including phenoxy) is 1. The van der Waals surface area contributed by atoms with Gasteiger partial charge >= 0.3 is 6.61 Å². The maximum atomic E-state index is 11.6. The molecule has 0 spiro atoms. The van der Waals surface area contributed by atoms with Crippen LogP contribution in [0.25, 0.3) is 0 Å². The smallest absolute Gasteiger partial charge is 0.323 e. The van der Waals surface area contributed by atoms with E-state index in [1.807, 2.05) is 0 Å². The fourth-order valence-electron chi connectivity index (χ4n) is 1.38. The lowest BCUT2D eigenvalue weighted by atomic mass is 9.89. The summed E-state index contributed by atoms with van der Waals surface area (Å²) in [6.07, 6.45) is 2.45. The van der Waals surface area contributed by atoms with E-state index >= 15 is 0 Å². The summed E-state index contributed by atoms with van der Waals surface area (Å²) < 4.78 is 27.3. The topological polar surface area (TPSA) is 26.3 Å². The van der Waals surface area contributed by atoms with Gasteiger partial charge in [0.05, 0.1) is 6.61 Å². The van der Waals surface area contributed by atoms with Crippen LogP contribution in [0.2, 0.25) is 0 Å². The molecule has 70 valence electrons. The van der Waals surface area contributed by atoms with E-state index in [-0.39, 0.29) is 18.3 Å². The van der Waals surface area contributed by atoms with E-state index in [4.69, 9.17) is 0 Å². The molecule has 0 saturated heterocycles. The van der Waals surface area contributed by atoms with Crippen LogP contribution in [0.3, 0.4) is 0 Å². The quantitative estimate of drug-likeness (QED) is 0.660. The third kappa shape index (κ3) is 3.26. The van der Waals surface area contributed by atoms with Crippen molar-refractivity contribution in [3.63, 3.8) is 0 Å². The van der Waals surface area contributed by atoms with Crippen LogP contribution in [-0.4, -0.2) is 19.0 Å². The Kier molecular flexibility index (Phi) is 3.59. The van der Waals surface area contributed by atoms with Crippen molar-refractivity contribution < 1.29 is 18.3 Å². The number of hydrogen-bond acceptors (Lipinski definition) is 2. The Bertz CT molecular complexity index is 149. The van der Waals surface area contributed by atoms with Gasteiger partial charge in [0.25, 0.3) is 0 Å². The van der Waals surface area contributed by atoms with Crippen molar-refractivity contribution >= 4 is 5.78 Å². The van der Waals surface area contributed by atoms with Gasteiger partial charge in [-0.1, -0.05) is 0 Å². The Morgan fingerprint density at radius 2 is 2.00 bits per heavy atom. The van der Waals surface area contributed by atoms with E-state index in [1.165, 1.54) is 0 Å². The molecule has 0 unspecified atom stereocenters. The zero-order chi connectivity index (χ0) is 8.97. The van der Waals surface area contributed by atoms with E-state index in [1.54, 1.807) is 0 Å². The Hall–Kier alpha value is -0.510. The minimum absolute atomic E-state index is 0.0882. The molecule has 0 radical (unpaired) electrons. The number of carbonyl (C=O) groups is 1. The van der Waals surface area contributed by atoms with Crippen molar-refractivity contribution in [3.05, 3.63) is 0 Å². The molecule has 0 aromatic carbocycles. The minimum atomic E-state index is -2.68. The summed E-state index contributed by atoms with van der Waals surface area (Å²) in [5, 5.41) is 0. The maximum Gasteiger partial charge on any atom is 0.345 e. The van der Waals surface area contributed by atoms with Gasteiger partial charge in [-0.15, -0.1) is 0 Å². The predicted molar refractivity (Wildman–Crippen MR) is 38.9 cm³/mol. The largest absolute Gasteiger partial charge is 0.345 e. The molecule has 0 N–H and O–H groups in total. The zero-order valence-electron chi connectivity index (χ0n) is 6.76.